The summed E-state index contributed by atoms with van der Waals surface area (Å²) in [5, 5.41) is 17.6. The minimum atomic E-state index is -0.266. The zero-order valence-electron chi connectivity index (χ0n) is 15.1. The van der Waals surface area contributed by atoms with Gasteiger partial charge in [-0.25, -0.2) is 9.67 Å². The number of benzene rings is 1. The lowest BCUT2D eigenvalue weighted by atomic mass is 10.3. The molecule has 26 heavy (non-hydrogen) atoms. The van der Waals surface area contributed by atoms with E-state index in [0.29, 0.717) is 13.1 Å². The van der Waals surface area contributed by atoms with Crippen LogP contribution in [0.4, 0.5) is 0 Å². The Balaban J connectivity index is 0.00000243. The topological polar surface area (TPSA) is 74.9 Å². The minimum Gasteiger partial charge on any atom is -0.497 e. The fourth-order valence-electron chi connectivity index (χ4n) is 2.84. The van der Waals surface area contributed by atoms with E-state index in [4.69, 9.17) is 4.74 Å². The third kappa shape index (κ3) is 5.10. The van der Waals surface area contributed by atoms with Gasteiger partial charge in [0.25, 0.3) is 0 Å². The predicted molar refractivity (Wildman–Crippen MR) is 113 cm³/mol. The van der Waals surface area contributed by atoms with E-state index in [1.54, 1.807) is 7.11 Å². The zero-order valence-corrected chi connectivity index (χ0v) is 17.5. The summed E-state index contributed by atoms with van der Waals surface area (Å²) >= 11 is 0. The van der Waals surface area contributed by atoms with Crippen LogP contribution in [-0.2, 0) is 6.54 Å². The molecule has 0 amide bonds. The van der Waals surface area contributed by atoms with Crippen molar-refractivity contribution >= 4 is 29.9 Å². The smallest absolute Gasteiger partial charge is 0.194 e. The largest absolute Gasteiger partial charge is 0.497 e. The van der Waals surface area contributed by atoms with Crippen molar-refractivity contribution in [3.05, 3.63) is 42.2 Å². The Hall–Kier alpha value is -1.81. The van der Waals surface area contributed by atoms with Crippen LogP contribution >= 0.6 is 24.0 Å². The number of ether oxygens (including phenoxy) is 1. The highest BCUT2D eigenvalue weighted by atomic mass is 127. The number of nitrogens with one attached hydrogen (secondary N) is 1. The monoisotopic (exact) mass is 471 g/mol. The average molecular weight is 471 g/mol. The second kappa shape index (κ2) is 9.77. The van der Waals surface area contributed by atoms with Gasteiger partial charge >= 0.3 is 0 Å². The van der Waals surface area contributed by atoms with E-state index in [1.807, 2.05) is 48.1 Å². The molecule has 1 aliphatic heterocycles. The maximum atomic E-state index is 9.72. The molecule has 1 atom stereocenters. The lowest BCUT2D eigenvalue weighted by Crippen LogP contribution is -2.40. The molecule has 142 valence electrons. The number of halogens is 1. The van der Waals surface area contributed by atoms with Crippen molar-refractivity contribution in [2.24, 2.45) is 4.99 Å². The highest BCUT2D eigenvalue weighted by Crippen LogP contribution is 2.15. The van der Waals surface area contributed by atoms with Crippen LogP contribution in [0.3, 0.4) is 0 Å². The lowest BCUT2D eigenvalue weighted by Gasteiger charge is -2.20. The second-order valence-electron chi connectivity index (χ2n) is 6.01. The number of β-amino-alcohol motifs (C(OH)–C–C–N with tert-alkyl or cyclic N) is 1. The molecule has 0 saturated carbocycles. The van der Waals surface area contributed by atoms with Crippen molar-refractivity contribution in [3.8, 4) is 11.4 Å². The van der Waals surface area contributed by atoms with Crippen LogP contribution in [0.5, 0.6) is 5.75 Å². The number of nitrogens with zero attached hydrogens (tertiary/aromatic N) is 4. The quantitative estimate of drug-likeness (QED) is 0.397. The molecule has 0 bridgehead atoms. The molecule has 2 aromatic rings. The molecule has 1 aliphatic rings. The summed E-state index contributed by atoms with van der Waals surface area (Å²) in [4.78, 5) is 6.75. The third-order valence-corrected chi connectivity index (χ3v) is 4.17. The van der Waals surface area contributed by atoms with Crippen molar-refractivity contribution in [1.29, 1.82) is 0 Å². The summed E-state index contributed by atoms with van der Waals surface area (Å²) in [5.74, 6) is 1.65. The summed E-state index contributed by atoms with van der Waals surface area (Å²) in [6, 6.07) is 9.73. The van der Waals surface area contributed by atoms with Crippen LogP contribution in [0.2, 0.25) is 0 Å². The van der Waals surface area contributed by atoms with Crippen LogP contribution in [-0.4, -0.2) is 58.6 Å². The lowest BCUT2D eigenvalue weighted by molar-refractivity contribution is 0.188. The van der Waals surface area contributed by atoms with Gasteiger partial charge in [-0.05, 0) is 43.7 Å². The van der Waals surface area contributed by atoms with Crippen molar-refractivity contribution in [2.45, 2.75) is 26.0 Å². The van der Waals surface area contributed by atoms with Crippen LogP contribution < -0.4 is 10.1 Å². The molecule has 8 heteroatoms. The summed E-state index contributed by atoms with van der Waals surface area (Å²) in [6.45, 7) is 4.80. The molecular formula is C18H26IN5O2. The molecule has 2 N–H and O–H groups in total. The first-order valence-corrected chi connectivity index (χ1v) is 8.60. The number of aliphatic hydroxyl groups is 1. The standard InChI is InChI=1S/C18H25N5O2.HI/c1-3-19-18(22-10-9-16(24)13-22)20-12-14-8-11-23(21-14)15-4-6-17(25-2)7-5-15;/h4-8,11,16,24H,3,9-10,12-13H2,1-2H3,(H,19,20);1H/t16-;/m1./s1. The molecule has 2 heterocycles. The van der Waals surface area contributed by atoms with E-state index in [9.17, 15) is 5.11 Å². The van der Waals surface area contributed by atoms with Gasteiger partial charge in [0.1, 0.15) is 5.75 Å². The van der Waals surface area contributed by atoms with Crippen molar-refractivity contribution in [1.82, 2.24) is 20.0 Å². The molecule has 1 aromatic carbocycles. The van der Waals surface area contributed by atoms with E-state index in [-0.39, 0.29) is 30.1 Å². The summed E-state index contributed by atoms with van der Waals surface area (Å²) in [5.41, 5.74) is 1.87. The Morgan fingerprint density at radius 1 is 1.35 bits per heavy atom. The number of aliphatic hydroxyl groups excluding tert-OH is 1. The number of likely N-dealkylation sites (tertiary alicyclic amines) is 1. The molecule has 1 fully saturated rings. The van der Waals surface area contributed by atoms with Gasteiger partial charge in [-0.1, -0.05) is 0 Å². The van der Waals surface area contributed by atoms with Crippen LogP contribution in [0, 0.1) is 0 Å². The molecule has 3 rings (SSSR count). The highest BCUT2D eigenvalue weighted by molar-refractivity contribution is 14.0. The molecular weight excluding hydrogens is 445 g/mol. The first kappa shape index (κ1) is 20.5. The Labute approximate surface area is 171 Å². The van der Waals surface area contributed by atoms with Gasteiger partial charge in [-0.3, -0.25) is 0 Å². The minimum absolute atomic E-state index is 0. The van der Waals surface area contributed by atoms with Gasteiger partial charge in [0.2, 0.25) is 0 Å². The normalized spacial score (nSPS) is 17.1. The molecule has 0 aliphatic carbocycles. The summed E-state index contributed by atoms with van der Waals surface area (Å²) < 4.78 is 7.01. The average Bonchev–Trinajstić information content (AvgIpc) is 3.28. The number of methoxy groups -OCH3 is 1. The SMILES string of the molecule is CCNC(=NCc1ccn(-c2ccc(OC)cc2)n1)N1CC[C@@H](O)C1.I. The fraction of sp³-hybridized carbons (Fsp3) is 0.444. The van der Waals surface area contributed by atoms with Crippen molar-refractivity contribution in [2.75, 3.05) is 26.7 Å². The molecule has 0 radical (unpaired) electrons. The number of aliphatic imine (C=N–C) groups is 1. The van der Waals surface area contributed by atoms with Crippen LogP contribution in [0.1, 0.15) is 19.0 Å². The van der Waals surface area contributed by atoms with Crippen LogP contribution in [0.15, 0.2) is 41.5 Å². The maximum Gasteiger partial charge on any atom is 0.194 e. The number of rotatable bonds is 5. The van der Waals surface area contributed by atoms with E-state index >= 15 is 0 Å². The predicted octanol–water partition coefficient (Wildman–Crippen LogP) is 2.03. The van der Waals surface area contributed by atoms with E-state index in [2.05, 4.69) is 20.3 Å². The second-order valence-corrected chi connectivity index (χ2v) is 6.01. The number of hydrogen-bond acceptors (Lipinski definition) is 4. The van der Waals surface area contributed by atoms with E-state index < -0.39 is 0 Å². The van der Waals surface area contributed by atoms with Gasteiger partial charge in [-0.2, -0.15) is 5.10 Å². The maximum absolute atomic E-state index is 9.72. The van der Waals surface area contributed by atoms with Gasteiger partial charge in [0, 0.05) is 25.8 Å². The first-order valence-electron chi connectivity index (χ1n) is 8.60. The fourth-order valence-corrected chi connectivity index (χ4v) is 2.84. The molecule has 0 unspecified atom stereocenters. The van der Waals surface area contributed by atoms with Gasteiger partial charge in [-0.15, -0.1) is 24.0 Å². The van der Waals surface area contributed by atoms with E-state index in [1.165, 1.54) is 0 Å². The highest BCUT2D eigenvalue weighted by Gasteiger charge is 2.22. The molecule has 1 aromatic heterocycles. The van der Waals surface area contributed by atoms with Crippen LogP contribution in [0.25, 0.3) is 5.69 Å². The Morgan fingerprint density at radius 2 is 2.12 bits per heavy atom. The van der Waals surface area contributed by atoms with Gasteiger partial charge in [0.15, 0.2) is 5.96 Å². The van der Waals surface area contributed by atoms with Crippen molar-refractivity contribution in [3.63, 3.8) is 0 Å². The Bertz CT molecular complexity index is 717. The Morgan fingerprint density at radius 3 is 2.73 bits per heavy atom. The first-order chi connectivity index (χ1) is 12.2. The summed E-state index contributed by atoms with van der Waals surface area (Å²) in [7, 11) is 1.65. The zero-order chi connectivity index (χ0) is 17.6. The molecule has 1 saturated heterocycles. The number of hydrogen-bond donors (Lipinski definition) is 2. The van der Waals surface area contributed by atoms with E-state index in [0.717, 1.165) is 42.6 Å². The summed E-state index contributed by atoms with van der Waals surface area (Å²) in [6.07, 6.45) is 2.45. The Kier molecular flexibility index (Phi) is 7.70. The number of guanidine groups is 1. The molecule has 7 nitrogen and oxygen atoms in total. The van der Waals surface area contributed by atoms with Gasteiger partial charge in [0.05, 0.1) is 31.1 Å². The van der Waals surface area contributed by atoms with Gasteiger partial charge < -0.3 is 20.1 Å². The number of aromatic nitrogens is 2. The third-order valence-electron chi connectivity index (χ3n) is 4.17. The molecule has 0 spiro atoms. The van der Waals surface area contributed by atoms with Crippen molar-refractivity contribution < 1.29 is 9.84 Å².